The van der Waals surface area contributed by atoms with Crippen molar-refractivity contribution < 1.29 is 4.74 Å². The van der Waals surface area contributed by atoms with Gasteiger partial charge in [-0.1, -0.05) is 25.1 Å². The fourth-order valence-electron chi connectivity index (χ4n) is 2.84. The monoisotopic (exact) mass is 262 g/mol. The summed E-state index contributed by atoms with van der Waals surface area (Å²) in [6.07, 6.45) is 2.36. The molecule has 3 nitrogen and oxygen atoms in total. The molecule has 0 aliphatic carbocycles. The van der Waals surface area contributed by atoms with E-state index in [0.29, 0.717) is 5.92 Å². The quantitative estimate of drug-likeness (QED) is 0.880. The molecule has 0 saturated carbocycles. The SMILES string of the molecule is COc1ccccc1CC(C)CN1CCCNCC1. The molecular weight excluding hydrogens is 236 g/mol. The van der Waals surface area contributed by atoms with Crippen LogP contribution in [0.2, 0.25) is 0 Å². The minimum absolute atomic E-state index is 0.661. The second-order valence-corrected chi connectivity index (χ2v) is 5.53. The van der Waals surface area contributed by atoms with Crippen molar-refractivity contribution in [3.8, 4) is 5.75 Å². The Morgan fingerprint density at radius 3 is 2.95 bits per heavy atom. The Bertz CT molecular complexity index is 373. The number of methoxy groups -OCH3 is 1. The summed E-state index contributed by atoms with van der Waals surface area (Å²) in [5.41, 5.74) is 1.32. The van der Waals surface area contributed by atoms with Gasteiger partial charge in [0.2, 0.25) is 0 Å². The maximum absolute atomic E-state index is 5.43. The molecule has 106 valence electrons. The van der Waals surface area contributed by atoms with Crippen LogP contribution >= 0.6 is 0 Å². The van der Waals surface area contributed by atoms with Crippen LogP contribution in [0.15, 0.2) is 24.3 Å². The van der Waals surface area contributed by atoms with E-state index in [1.54, 1.807) is 7.11 Å². The van der Waals surface area contributed by atoms with Gasteiger partial charge in [-0.2, -0.15) is 0 Å². The van der Waals surface area contributed by atoms with Crippen molar-refractivity contribution in [2.45, 2.75) is 19.8 Å². The lowest BCUT2D eigenvalue weighted by Crippen LogP contribution is -2.32. The standard InChI is InChI=1S/C16H26N2O/c1-14(13-18-10-5-8-17-9-11-18)12-15-6-3-4-7-16(15)19-2/h3-4,6-7,14,17H,5,8-13H2,1-2H3. The fourth-order valence-corrected chi connectivity index (χ4v) is 2.84. The molecule has 0 amide bonds. The van der Waals surface area contributed by atoms with Gasteiger partial charge >= 0.3 is 0 Å². The Kier molecular flexibility index (Phi) is 5.67. The highest BCUT2D eigenvalue weighted by atomic mass is 16.5. The minimum Gasteiger partial charge on any atom is -0.496 e. The second-order valence-electron chi connectivity index (χ2n) is 5.53. The van der Waals surface area contributed by atoms with Gasteiger partial charge in [0, 0.05) is 19.6 Å². The number of hydrogen-bond acceptors (Lipinski definition) is 3. The van der Waals surface area contributed by atoms with Crippen molar-refractivity contribution in [3.63, 3.8) is 0 Å². The summed E-state index contributed by atoms with van der Waals surface area (Å²) < 4.78 is 5.43. The highest BCUT2D eigenvalue weighted by molar-refractivity contribution is 5.33. The molecule has 1 unspecified atom stereocenters. The summed E-state index contributed by atoms with van der Waals surface area (Å²) in [6.45, 7) is 8.21. The van der Waals surface area contributed by atoms with Crippen LogP contribution in [0.3, 0.4) is 0 Å². The molecule has 3 heteroatoms. The Hall–Kier alpha value is -1.06. The van der Waals surface area contributed by atoms with Crippen molar-refractivity contribution in [2.75, 3.05) is 39.8 Å². The number of rotatable bonds is 5. The third-order valence-electron chi connectivity index (χ3n) is 3.76. The van der Waals surface area contributed by atoms with Gasteiger partial charge in [0.15, 0.2) is 0 Å². The molecule has 1 fully saturated rings. The average molecular weight is 262 g/mol. The Morgan fingerprint density at radius 2 is 2.11 bits per heavy atom. The lowest BCUT2D eigenvalue weighted by Gasteiger charge is -2.24. The predicted octanol–water partition coefficient (Wildman–Crippen LogP) is 2.17. The first kappa shape index (κ1) is 14.4. The fraction of sp³-hybridized carbons (Fsp3) is 0.625. The van der Waals surface area contributed by atoms with Crippen LogP contribution < -0.4 is 10.1 Å². The van der Waals surface area contributed by atoms with Crippen LogP contribution in [0.1, 0.15) is 18.9 Å². The van der Waals surface area contributed by atoms with E-state index < -0.39 is 0 Å². The average Bonchev–Trinajstić information content (AvgIpc) is 2.68. The van der Waals surface area contributed by atoms with E-state index in [0.717, 1.165) is 25.3 Å². The molecule has 1 aliphatic heterocycles. The van der Waals surface area contributed by atoms with Crippen molar-refractivity contribution in [1.82, 2.24) is 10.2 Å². The second kappa shape index (κ2) is 7.51. The van der Waals surface area contributed by atoms with Crippen LogP contribution in [0, 0.1) is 5.92 Å². The molecule has 0 radical (unpaired) electrons. The Labute approximate surface area is 116 Å². The van der Waals surface area contributed by atoms with Gasteiger partial charge in [-0.3, -0.25) is 0 Å². The number of ether oxygens (including phenoxy) is 1. The molecule has 1 aliphatic rings. The maximum Gasteiger partial charge on any atom is 0.122 e. The third-order valence-corrected chi connectivity index (χ3v) is 3.76. The van der Waals surface area contributed by atoms with E-state index >= 15 is 0 Å². The molecule has 0 aromatic heterocycles. The minimum atomic E-state index is 0.661. The highest BCUT2D eigenvalue weighted by Gasteiger charge is 2.14. The molecule has 19 heavy (non-hydrogen) atoms. The molecule has 1 saturated heterocycles. The molecular formula is C16H26N2O. The molecule has 2 rings (SSSR count). The molecule has 1 N–H and O–H groups in total. The van der Waals surface area contributed by atoms with Crippen molar-refractivity contribution in [2.24, 2.45) is 5.92 Å². The van der Waals surface area contributed by atoms with E-state index in [-0.39, 0.29) is 0 Å². The van der Waals surface area contributed by atoms with E-state index in [4.69, 9.17) is 4.74 Å². The van der Waals surface area contributed by atoms with Gasteiger partial charge in [-0.25, -0.2) is 0 Å². The number of nitrogens with zero attached hydrogens (tertiary/aromatic N) is 1. The largest absolute Gasteiger partial charge is 0.496 e. The van der Waals surface area contributed by atoms with Gasteiger partial charge < -0.3 is 15.0 Å². The van der Waals surface area contributed by atoms with Crippen molar-refractivity contribution in [3.05, 3.63) is 29.8 Å². The summed E-state index contributed by atoms with van der Waals surface area (Å²) >= 11 is 0. The van der Waals surface area contributed by atoms with Crippen LogP contribution in [-0.2, 0) is 6.42 Å². The van der Waals surface area contributed by atoms with Crippen molar-refractivity contribution in [1.29, 1.82) is 0 Å². The zero-order valence-electron chi connectivity index (χ0n) is 12.2. The maximum atomic E-state index is 5.43. The van der Waals surface area contributed by atoms with Gasteiger partial charge in [-0.05, 0) is 43.5 Å². The van der Waals surface area contributed by atoms with Gasteiger partial charge in [-0.15, -0.1) is 0 Å². The molecule has 0 spiro atoms. The lowest BCUT2D eigenvalue weighted by atomic mass is 9.99. The first-order chi connectivity index (χ1) is 9.29. The van der Waals surface area contributed by atoms with Crippen LogP contribution in [0.4, 0.5) is 0 Å². The van der Waals surface area contributed by atoms with E-state index in [2.05, 4.69) is 35.3 Å². The normalized spacial score (nSPS) is 18.8. The molecule has 1 aromatic rings. The summed E-state index contributed by atoms with van der Waals surface area (Å²) in [5.74, 6) is 1.68. The number of benzene rings is 1. The topological polar surface area (TPSA) is 24.5 Å². The summed E-state index contributed by atoms with van der Waals surface area (Å²) in [6, 6.07) is 8.37. The molecule has 0 bridgehead atoms. The number of para-hydroxylation sites is 1. The lowest BCUT2D eigenvalue weighted by molar-refractivity contribution is 0.250. The number of hydrogen-bond donors (Lipinski definition) is 1. The summed E-state index contributed by atoms with van der Waals surface area (Å²) in [7, 11) is 1.75. The van der Waals surface area contributed by atoms with Crippen LogP contribution in [0.5, 0.6) is 5.75 Å². The van der Waals surface area contributed by atoms with Crippen LogP contribution in [-0.4, -0.2) is 44.7 Å². The summed E-state index contributed by atoms with van der Waals surface area (Å²) in [5, 5.41) is 3.46. The predicted molar refractivity (Wildman–Crippen MR) is 79.8 cm³/mol. The van der Waals surface area contributed by atoms with Crippen LogP contribution in [0.25, 0.3) is 0 Å². The highest BCUT2D eigenvalue weighted by Crippen LogP contribution is 2.21. The van der Waals surface area contributed by atoms with Gasteiger partial charge in [0.05, 0.1) is 7.11 Å². The Morgan fingerprint density at radius 1 is 1.26 bits per heavy atom. The van der Waals surface area contributed by atoms with E-state index in [9.17, 15) is 0 Å². The van der Waals surface area contributed by atoms with Crippen molar-refractivity contribution >= 4 is 0 Å². The van der Waals surface area contributed by atoms with E-state index in [1.165, 1.54) is 31.6 Å². The summed E-state index contributed by atoms with van der Waals surface area (Å²) in [4.78, 5) is 2.58. The van der Waals surface area contributed by atoms with Gasteiger partial charge in [0.1, 0.15) is 5.75 Å². The molecule has 1 atom stereocenters. The first-order valence-electron chi connectivity index (χ1n) is 7.34. The zero-order valence-corrected chi connectivity index (χ0v) is 12.2. The van der Waals surface area contributed by atoms with Gasteiger partial charge in [0.25, 0.3) is 0 Å². The first-order valence-corrected chi connectivity index (χ1v) is 7.34. The Balaban J connectivity index is 1.87. The zero-order chi connectivity index (χ0) is 13.5. The number of nitrogens with one attached hydrogen (secondary N) is 1. The van der Waals surface area contributed by atoms with E-state index in [1.807, 2.05) is 6.07 Å². The molecule has 1 heterocycles. The smallest absolute Gasteiger partial charge is 0.122 e. The third kappa shape index (κ3) is 4.51. The molecule has 1 aromatic carbocycles.